The van der Waals surface area contributed by atoms with Crippen molar-refractivity contribution < 1.29 is 0 Å². The number of nitrogens with one attached hydrogen (secondary N) is 1. The van der Waals surface area contributed by atoms with Crippen molar-refractivity contribution in [2.75, 3.05) is 0 Å². The molecule has 0 unspecified atom stereocenters. The van der Waals surface area contributed by atoms with Crippen LogP contribution in [-0.4, -0.2) is 10.8 Å². The fraction of sp³-hybridized carbons (Fsp3) is 0.111. The lowest BCUT2D eigenvalue weighted by Gasteiger charge is -2.05. The van der Waals surface area contributed by atoms with Crippen LogP contribution in [0.4, 0.5) is 5.69 Å². The van der Waals surface area contributed by atoms with Crippen molar-refractivity contribution >= 4 is 23.3 Å². The Morgan fingerprint density at radius 1 is 1.21 bits per heavy atom. The van der Waals surface area contributed by atoms with Gasteiger partial charge < -0.3 is 16.8 Å². The minimum atomic E-state index is 0.368. The van der Waals surface area contributed by atoms with Gasteiger partial charge in [0.05, 0.1) is 11.5 Å². The molecule has 6 heteroatoms. The zero-order valence-corrected chi connectivity index (χ0v) is 14.4. The molecule has 1 aromatic heterocycles. The number of hydrogen-bond acceptors (Lipinski definition) is 5. The first kappa shape index (κ1) is 17.6. The number of pyridine rings is 1. The first-order chi connectivity index (χ1) is 11.5. The number of nitrogens with zero attached hydrogens (tertiary/aromatic N) is 2. The van der Waals surface area contributed by atoms with Gasteiger partial charge in [-0.25, -0.2) is 4.99 Å². The number of aliphatic imine (C=N–C) groups is 1. The second-order valence-corrected chi connectivity index (χ2v) is 6.20. The second kappa shape index (κ2) is 8.79. The van der Waals surface area contributed by atoms with Gasteiger partial charge in [0, 0.05) is 28.7 Å². The molecule has 2 aromatic rings. The van der Waals surface area contributed by atoms with E-state index in [0.29, 0.717) is 11.7 Å². The zero-order chi connectivity index (χ0) is 17.4. The molecule has 0 saturated carbocycles. The maximum absolute atomic E-state index is 5.91. The summed E-state index contributed by atoms with van der Waals surface area (Å²) in [5.74, 6) is 1.66. The Kier molecular flexibility index (Phi) is 6.45. The second-order valence-electron chi connectivity index (χ2n) is 5.15. The van der Waals surface area contributed by atoms with Crippen LogP contribution >= 0.6 is 11.8 Å². The highest BCUT2D eigenvalue weighted by Gasteiger charge is 1.98. The van der Waals surface area contributed by atoms with E-state index in [1.54, 1.807) is 30.2 Å². The van der Waals surface area contributed by atoms with Crippen LogP contribution in [0.3, 0.4) is 0 Å². The third-order valence-corrected chi connectivity index (χ3v) is 4.06. The summed E-state index contributed by atoms with van der Waals surface area (Å²) in [6, 6.07) is 12.0. The van der Waals surface area contributed by atoms with E-state index in [1.807, 2.05) is 31.2 Å². The fourth-order valence-corrected chi connectivity index (χ4v) is 2.80. The molecule has 0 aliphatic carbocycles. The molecule has 1 aromatic carbocycles. The smallest absolute Gasteiger partial charge is 0.125 e. The molecule has 1 heterocycles. The number of amidine groups is 1. The molecule has 24 heavy (non-hydrogen) atoms. The molecule has 0 saturated heterocycles. The Bertz CT molecular complexity index is 736. The lowest BCUT2D eigenvalue weighted by atomic mass is 10.2. The lowest BCUT2D eigenvalue weighted by molar-refractivity contribution is 0.956. The van der Waals surface area contributed by atoms with E-state index in [-0.39, 0.29) is 0 Å². The normalized spacial score (nSPS) is 12.0. The Balaban J connectivity index is 1.96. The van der Waals surface area contributed by atoms with Gasteiger partial charge in [-0.3, -0.25) is 4.98 Å². The van der Waals surface area contributed by atoms with Gasteiger partial charge in [-0.1, -0.05) is 18.7 Å². The van der Waals surface area contributed by atoms with Gasteiger partial charge in [-0.05, 0) is 42.8 Å². The number of rotatable bonds is 7. The molecule has 0 amide bonds. The van der Waals surface area contributed by atoms with Crippen molar-refractivity contribution in [1.29, 1.82) is 0 Å². The Morgan fingerprint density at radius 2 is 1.88 bits per heavy atom. The average Bonchev–Trinajstić information content (AvgIpc) is 2.54. The highest BCUT2D eigenvalue weighted by atomic mass is 32.2. The van der Waals surface area contributed by atoms with E-state index in [4.69, 9.17) is 11.5 Å². The van der Waals surface area contributed by atoms with Crippen molar-refractivity contribution in [3.63, 3.8) is 0 Å². The van der Waals surface area contributed by atoms with Gasteiger partial charge in [0.1, 0.15) is 5.84 Å². The predicted molar refractivity (Wildman–Crippen MR) is 102 cm³/mol. The number of allylic oxidation sites excluding steroid dienone is 1. The van der Waals surface area contributed by atoms with Gasteiger partial charge in [-0.2, -0.15) is 0 Å². The SMILES string of the molecule is C=C(N)NC(C)=CC(N)=Nc1ccc(CSc2ccncc2)cc1. The monoisotopic (exact) mass is 339 g/mol. The maximum Gasteiger partial charge on any atom is 0.125 e. The minimum Gasteiger partial charge on any atom is -0.386 e. The number of nitrogens with two attached hydrogens (primary N) is 2. The predicted octanol–water partition coefficient (Wildman–Crippen LogP) is 3.29. The summed E-state index contributed by atoms with van der Waals surface area (Å²) in [5.41, 5.74) is 14.2. The molecule has 0 radical (unpaired) electrons. The van der Waals surface area contributed by atoms with Crippen molar-refractivity contribution in [1.82, 2.24) is 10.3 Å². The van der Waals surface area contributed by atoms with E-state index < -0.39 is 0 Å². The highest BCUT2D eigenvalue weighted by molar-refractivity contribution is 7.98. The summed E-state index contributed by atoms with van der Waals surface area (Å²) in [5, 5.41) is 2.88. The molecule has 0 aliphatic heterocycles. The van der Waals surface area contributed by atoms with Crippen LogP contribution in [0, 0.1) is 0 Å². The molecule has 5 nitrogen and oxygen atoms in total. The lowest BCUT2D eigenvalue weighted by Crippen LogP contribution is -2.19. The largest absolute Gasteiger partial charge is 0.386 e. The van der Waals surface area contributed by atoms with Crippen LogP contribution in [0.15, 0.2) is 82.9 Å². The van der Waals surface area contributed by atoms with Crippen LogP contribution in [0.25, 0.3) is 0 Å². The van der Waals surface area contributed by atoms with Crippen LogP contribution in [-0.2, 0) is 5.75 Å². The van der Waals surface area contributed by atoms with E-state index >= 15 is 0 Å². The minimum absolute atomic E-state index is 0.368. The van der Waals surface area contributed by atoms with E-state index in [1.165, 1.54) is 10.5 Å². The summed E-state index contributed by atoms with van der Waals surface area (Å²) in [6.45, 7) is 5.42. The van der Waals surface area contributed by atoms with E-state index in [9.17, 15) is 0 Å². The Morgan fingerprint density at radius 3 is 2.50 bits per heavy atom. The molecule has 0 spiro atoms. The third kappa shape index (κ3) is 6.18. The number of benzene rings is 1. The number of aromatic nitrogens is 1. The maximum atomic E-state index is 5.91. The summed E-state index contributed by atoms with van der Waals surface area (Å²) in [6.07, 6.45) is 5.31. The van der Waals surface area contributed by atoms with Gasteiger partial charge in [0.2, 0.25) is 0 Å². The third-order valence-electron chi connectivity index (χ3n) is 2.97. The molecule has 0 atom stereocenters. The van der Waals surface area contributed by atoms with Crippen molar-refractivity contribution in [2.24, 2.45) is 16.5 Å². The van der Waals surface area contributed by atoms with E-state index in [2.05, 4.69) is 34.0 Å². The van der Waals surface area contributed by atoms with Crippen LogP contribution in [0.5, 0.6) is 0 Å². The summed E-state index contributed by atoms with van der Waals surface area (Å²) >= 11 is 1.77. The molecular formula is C18H21N5S. The molecule has 2 rings (SSSR count). The fourth-order valence-electron chi connectivity index (χ4n) is 1.96. The van der Waals surface area contributed by atoms with Gasteiger partial charge >= 0.3 is 0 Å². The summed E-state index contributed by atoms with van der Waals surface area (Å²) in [4.78, 5) is 9.57. The van der Waals surface area contributed by atoms with Gasteiger partial charge in [0.25, 0.3) is 0 Å². The van der Waals surface area contributed by atoms with Crippen LogP contribution < -0.4 is 16.8 Å². The van der Waals surface area contributed by atoms with Gasteiger partial charge in [-0.15, -0.1) is 11.8 Å². The molecular weight excluding hydrogens is 318 g/mol. The molecule has 0 fully saturated rings. The summed E-state index contributed by atoms with van der Waals surface area (Å²) in [7, 11) is 0. The van der Waals surface area contributed by atoms with Crippen LogP contribution in [0.2, 0.25) is 0 Å². The Hall–Kier alpha value is -2.73. The van der Waals surface area contributed by atoms with Crippen molar-refractivity contribution in [3.8, 4) is 0 Å². The molecule has 124 valence electrons. The zero-order valence-electron chi connectivity index (χ0n) is 13.6. The van der Waals surface area contributed by atoms with Crippen molar-refractivity contribution in [3.05, 3.63) is 78.5 Å². The topological polar surface area (TPSA) is 89.3 Å². The van der Waals surface area contributed by atoms with Crippen molar-refractivity contribution in [2.45, 2.75) is 17.6 Å². The molecule has 0 bridgehead atoms. The standard InChI is InChI=1S/C18H21N5S/c1-13(22-14(2)19)11-18(20)23-16-5-3-15(4-6-16)12-24-17-7-9-21-10-8-17/h3-11,22H,2,12,19H2,1H3,(H2,20,23). The highest BCUT2D eigenvalue weighted by Crippen LogP contribution is 2.23. The molecule has 5 N–H and O–H groups in total. The average molecular weight is 339 g/mol. The quantitative estimate of drug-likeness (QED) is 0.409. The first-order valence-electron chi connectivity index (χ1n) is 7.38. The Labute approximate surface area is 146 Å². The summed E-state index contributed by atoms with van der Waals surface area (Å²) < 4.78 is 0. The number of thioether (sulfide) groups is 1. The molecule has 0 aliphatic rings. The van der Waals surface area contributed by atoms with Crippen LogP contribution in [0.1, 0.15) is 12.5 Å². The number of hydrogen-bond donors (Lipinski definition) is 3. The van der Waals surface area contributed by atoms with Gasteiger partial charge in [0.15, 0.2) is 0 Å². The van der Waals surface area contributed by atoms with E-state index in [0.717, 1.165) is 17.1 Å². The first-order valence-corrected chi connectivity index (χ1v) is 8.37.